The predicted octanol–water partition coefficient (Wildman–Crippen LogP) is 5.89. The molecule has 0 unspecified atom stereocenters. The summed E-state index contributed by atoms with van der Waals surface area (Å²) >= 11 is 3.44. The van der Waals surface area contributed by atoms with Crippen LogP contribution in [0.15, 0.2) is 47.0 Å². The van der Waals surface area contributed by atoms with E-state index in [0.717, 1.165) is 10.8 Å². The summed E-state index contributed by atoms with van der Waals surface area (Å²) in [5, 5.41) is 4.25. The molecule has 0 aliphatic rings. The molecule has 2 aromatic carbocycles. The van der Waals surface area contributed by atoms with Crippen molar-refractivity contribution in [1.29, 1.82) is 0 Å². The topological polar surface area (TPSA) is 38.3 Å². The summed E-state index contributed by atoms with van der Waals surface area (Å²) in [5.74, 6) is -0.296. The Morgan fingerprint density at radius 1 is 1.30 bits per heavy atom. The van der Waals surface area contributed by atoms with Crippen LogP contribution in [0.5, 0.6) is 0 Å². The molecule has 0 saturated carbocycles. The first-order valence-corrected chi connectivity index (χ1v) is 8.05. The second-order valence-electron chi connectivity index (χ2n) is 6.28. The average molecular weight is 380 g/mol. The maximum atomic E-state index is 13.2. The van der Waals surface area contributed by atoms with E-state index in [-0.39, 0.29) is 17.8 Å². The van der Waals surface area contributed by atoms with E-state index in [9.17, 15) is 9.18 Å². The van der Waals surface area contributed by atoms with Gasteiger partial charge >= 0.3 is 6.09 Å². The number of allylic oxidation sites excluding steroid dienone is 1. The van der Waals surface area contributed by atoms with Gasteiger partial charge in [-0.1, -0.05) is 45.1 Å². The average Bonchev–Trinajstić information content (AvgIpc) is 2.45. The number of hydrogen-bond donors (Lipinski definition) is 1. The Bertz CT molecular complexity index is 751. The van der Waals surface area contributed by atoms with Gasteiger partial charge in [0.15, 0.2) is 0 Å². The molecule has 0 aliphatic carbocycles. The molecule has 122 valence electrons. The van der Waals surface area contributed by atoms with Crippen molar-refractivity contribution in [2.24, 2.45) is 5.41 Å². The van der Waals surface area contributed by atoms with E-state index in [0.29, 0.717) is 10.2 Å². The second-order valence-corrected chi connectivity index (χ2v) is 7.08. The minimum absolute atomic E-state index is 0.0521. The van der Waals surface area contributed by atoms with E-state index >= 15 is 0 Å². The Morgan fingerprint density at radius 3 is 2.74 bits per heavy atom. The number of hydrogen-bond acceptors (Lipinski definition) is 2. The van der Waals surface area contributed by atoms with E-state index in [1.165, 1.54) is 12.1 Å². The van der Waals surface area contributed by atoms with Crippen LogP contribution in [0.4, 0.5) is 14.9 Å². The summed E-state index contributed by atoms with van der Waals surface area (Å²) in [6.45, 7) is 6.41. The predicted molar refractivity (Wildman–Crippen MR) is 95.2 cm³/mol. The van der Waals surface area contributed by atoms with Gasteiger partial charge in [-0.3, -0.25) is 5.32 Å². The number of anilines is 1. The summed E-state index contributed by atoms with van der Waals surface area (Å²) in [6.07, 6.45) is 3.27. The molecule has 0 aromatic heterocycles. The van der Waals surface area contributed by atoms with Crippen molar-refractivity contribution in [3.63, 3.8) is 0 Å². The van der Waals surface area contributed by atoms with Gasteiger partial charge in [0.1, 0.15) is 12.4 Å². The summed E-state index contributed by atoms with van der Waals surface area (Å²) < 4.78 is 19.0. The number of ether oxygens (including phenoxy) is 1. The SMILES string of the molecule is CC(C)(C)C=CCOC(=O)Nc1ccc2cc(F)ccc2c1Br. The standard InChI is InChI=1S/C18H19BrFNO2/c1-18(2,3)9-4-10-23-17(22)21-15-8-5-12-11-13(20)6-7-14(12)16(15)19/h4-9,11H,10H2,1-3H3,(H,21,22). The number of nitrogens with one attached hydrogen (secondary N) is 1. The lowest BCUT2D eigenvalue weighted by Gasteiger charge is -2.12. The first-order chi connectivity index (χ1) is 10.8. The summed E-state index contributed by atoms with van der Waals surface area (Å²) in [4.78, 5) is 11.8. The normalized spacial score (nSPS) is 11.9. The molecule has 2 aromatic rings. The molecule has 0 spiro atoms. The van der Waals surface area contributed by atoms with E-state index in [1.807, 2.05) is 12.2 Å². The van der Waals surface area contributed by atoms with E-state index in [1.54, 1.807) is 18.2 Å². The Labute approximate surface area is 143 Å². The van der Waals surface area contributed by atoms with Crippen molar-refractivity contribution in [3.05, 3.63) is 52.8 Å². The molecular weight excluding hydrogens is 361 g/mol. The van der Waals surface area contributed by atoms with E-state index < -0.39 is 6.09 Å². The fourth-order valence-electron chi connectivity index (χ4n) is 2.03. The maximum absolute atomic E-state index is 13.2. The number of benzene rings is 2. The minimum atomic E-state index is -0.536. The fourth-order valence-corrected chi connectivity index (χ4v) is 2.62. The highest BCUT2D eigenvalue weighted by atomic mass is 79.9. The number of rotatable bonds is 3. The number of amides is 1. The van der Waals surface area contributed by atoms with Gasteiger partial charge in [-0.2, -0.15) is 0 Å². The van der Waals surface area contributed by atoms with Gasteiger partial charge < -0.3 is 4.74 Å². The van der Waals surface area contributed by atoms with E-state index in [2.05, 4.69) is 42.0 Å². The first-order valence-electron chi connectivity index (χ1n) is 7.25. The number of carbonyl (C=O) groups is 1. The number of carbonyl (C=O) groups excluding carboxylic acids is 1. The van der Waals surface area contributed by atoms with Gasteiger partial charge in [0, 0.05) is 4.47 Å². The number of halogens is 2. The molecular formula is C18H19BrFNO2. The highest BCUT2D eigenvalue weighted by Gasteiger charge is 2.10. The zero-order valence-corrected chi connectivity index (χ0v) is 14.9. The molecule has 0 heterocycles. The van der Waals surface area contributed by atoms with Crippen LogP contribution in [0, 0.1) is 11.2 Å². The molecule has 0 bridgehead atoms. The molecule has 3 nitrogen and oxygen atoms in total. The highest BCUT2D eigenvalue weighted by molar-refractivity contribution is 9.10. The van der Waals surface area contributed by atoms with Gasteiger partial charge in [-0.25, -0.2) is 9.18 Å². The van der Waals surface area contributed by atoms with Crippen LogP contribution < -0.4 is 5.32 Å². The lowest BCUT2D eigenvalue weighted by atomic mass is 9.96. The van der Waals surface area contributed by atoms with Crippen LogP contribution >= 0.6 is 15.9 Å². The van der Waals surface area contributed by atoms with Gasteiger partial charge in [0.25, 0.3) is 0 Å². The molecule has 1 N–H and O–H groups in total. The summed E-state index contributed by atoms with van der Waals surface area (Å²) in [7, 11) is 0. The lowest BCUT2D eigenvalue weighted by molar-refractivity contribution is 0.174. The van der Waals surface area contributed by atoms with Crippen LogP contribution in [-0.2, 0) is 4.74 Å². The Hall–Kier alpha value is -1.88. The van der Waals surface area contributed by atoms with Crippen LogP contribution in [-0.4, -0.2) is 12.7 Å². The zero-order valence-electron chi connectivity index (χ0n) is 13.3. The molecule has 0 radical (unpaired) electrons. The largest absolute Gasteiger partial charge is 0.445 e. The van der Waals surface area contributed by atoms with Crippen molar-refractivity contribution in [2.45, 2.75) is 20.8 Å². The third kappa shape index (κ3) is 5.06. The van der Waals surface area contributed by atoms with Crippen LogP contribution in [0.1, 0.15) is 20.8 Å². The monoisotopic (exact) mass is 379 g/mol. The first kappa shape index (κ1) is 17.5. The second kappa shape index (κ2) is 7.13. The molecule has 0 saturated heterocycles. The van der Waals surface area contributed by atoms with Crippen LogP contribution in [0.2, 0.25) is 0 Å². The molecule has 5 heteroatoms. The molecule has 0 atom stereocenters. The molecule has 2 rings (SSSR count). The van der Waals surface area contributed by atoms with Crippen molar-refractivity contribution in [1.82, 2.24) is 0 Å². The summed E-state index contributed by atoms with van der Waals surface area (Å²) in [5.41, 5.74) is 0.630. The van der Waals surface area contributed by atoms with Gasteiger partial charge in [0.2, 0.25) is 0 Å². The van der Waals surface area contributed by atoms with Crippen molar-refractivity contribution < 1.29 is 13.9 Å². The number of fused-ring (bicyclic) bond motifs is 1. The lowest BCUT2D eigenvalue weighted by Crippen LogP contribution is -2.14. The highest BCUT2D eigenvalue weighted by Crippen LogP contribution is 2.31. The zero-order chi connectivity index (χ0) is 17.0. The Kier molecular flexibility index (Phi) is 5.42. The van der Waals surface area contributed by atoms with E-state index in [4.69, 9.17) is 4.74 Å². The Balaban J connectivity index is 2.04. The third-order valence-corrected chi connectivity index (χ3v) is 3.94. The molecule has 0 aliphatic heterocycles. The molecule has 23 heavy (non-hydrogen) atoms. The van der Waals surface area contributed by atoms with Gasteiger partial charge in [-0.05, 0) is 50.3 Å². The quantitative estimate of drug-likeness (QED) is 0.674. The fraction of sp³-hybridized carbons (Fsp3) is 0.278. The van der Waals surface area contributed by atoms with Crippen molar-refractivity contribution in [3.8, 4) is 0 Å². The Morgan fingerprint density at radius 2 is 2.04 bits per heavy atom. The summed E-state index contributed by atoms with van der Waals surface area (Å²) in [6, 6.07) is 7.94. The third-order valence-electron chi connectivity index (χ3n) is 3.08. The van der Waals surface area contributed by atoms with Gasteiger partial charge in [0.05, 0.1) is 5.69 Å². The van der Waals surface area contributed by atoms with Crippen molar-refractivity contribution >= 4 is 38.5 Å². The van der Waals surface area contributed by atoms with Gasteiger partial charge in [-0.15, -0.1) is 0 Å². The minimum Gasteiger partial charge on any atom is -0.445 e. The van der Waals surface area contributed by atoms with Crippen LogP contribution in [0.3, 0.4) is 0 Å². The smallest absolute Gasteiger partial charge is 0.411 e. The maximum Gasteiger partial charge on any atom is 0.411 e. The van der Waals surface area contributed by atoms with Crippen LogP contribution in [0.25, 0.3) is 10.8 Å². The molecule has 0 fully saturated rings. The van der Waals surface area contributed by atoms with Crippen molar-refractivity contribution in [2.75, 3.05) is 11.9 Å². The molecule has 1 amide bonds.